The minimum absolute atomic E-state index is 0.643. The van der Waals surface area contributed by atoms with Gasteiger partial charge in [0.2, 0.25) is 5.88 Å². The van der Waals surface area contributed by atoms with E-state index in [1.165, 1.54) is 3.57 Å². The maximum Gasteiger partial charge on any atom is 0.222 e. The molecule has 0 spiro atoms. The summed E-state index contributed by atoms with van der Waals surface area (Å²) in [7, 11) is 0. The highest BCUT2D eigenvalue weighted by Crippen LogP contribution is 2.25. The highest BCUT2D eigenvalue weighted by molar-refractivity contribution is 14.1. The standard InChI is InChI=1S/C12H9BrINO/c1-8-6-9(13)7-15-12(8)16-11-4-2-10(14)3-5-11/h2-7H,1H3. The number of pyridine rings is 1. The number of aromatic nitrogens is 1. The molecule has 0 amide bonds. The third kappa shape index (κ3) is 2.95. The van der Waals surface area contributed by atoms with Gasteiger partial charge in [0, 0.05) is 19.8 Å². The summed E-state index contributed by atoms with van der Waals surface area (Å²) in [4.78, 5) is 4.22. The Morgan fingerprint density at radius 3 is 2.56 bits per heavy atom. The van der Waals surface area contributed by atoms with Crippen LogP contribution < -0.4 is 4.74 Å². The molecule has 0 aliphatic heterocycles. The van der Waals surface area contributed by atoms with Gasteiger partial charge in [0.15, 0.2) is 0 Å². The largest absolute Gasteiger partial charge is 0.439 e. The zero-order valence-corrected chi connectivity index (χ0v) is 12.3. The van der Waals surface area contributed by atoms with E-state index in [-0.39, 0.29) is 0 Å². The second-order valence-corrected chi connectivity index (χ2v) is 5.49. The lowest BCUT2D eigenvalue weighted by molar-refractivity contribution is 0.458. The van der Waals surface area contributed by atoms with Gasteiger partial charge in [-0.05, 0) is 75.8 Å². The van der Waals surface area contributed by atoms with Crippen LogP contribution in [0.1, 0.15) is 5.56 Å². The summed E-state index contributed by atoms with van der Waals surface area (Å²) in [6, 6.07) is 9.86. The summed E-state index contributed by atoms with van der Waals surface area (Å²) in [6.45, 7) is 1.97. The Morgan fingerprint density at radius 1 is 1.25 bits per heavy atom. The molecule has 16 heavy (non-hydrogen) atoms. The number of hydrogen-bond acceptors (Lipinski definition) is 2. The van der Waals surface area contributed by atoms with E-state index in [1.807, 2.05) is 37.3 Å². The summed E-state index contributed by atoms with van der Waals surface area (Å²) >= 11 is 5.63. The van der Waals surface area contributed by atoms with Crippen LogP contribution in [0.2, 0.25) is 0 Å². The molecule has 1 heterocycles. The van der Waals surface area contributed by atoms with Gasteiger partial charge in [-0.1, -0.05) is 0 Å². The van der Waals surface area contributed by atoms with Crippen LogP contribution in [0.4, 0.5) is 0 Å². The molecule has 0 saturated heterocycles. The van der Waals surface area contributed by atoms with Crippen molar-refractivity contribution >= 4 is 38.5 Å². The third-order valence-electron chi connectivity index (χ3n) is 2.03. The Kier molecular flexibility index (Phi) is 3.81. The molecule has 0 atom stereocenters. The fraction of sp³-hybridized carbons (Fsp3) is 0.0833. The van der Waals surface area contributed by atoms with E-state index >= 15 is 0 Å². The highest BCUT2D eigenvalue weighted by Gasteiger charge is 2.03. The molecule has 82 valence electrons. The molecular formula is C12H9BrINO. The lowest BCUT2D eigenvalue weighted by atomic mass is 10.3. The van der Waals surface area contributed by atoms with Crippen LogP contribution in [0.5, 0.6) is 11.6 Å². The average molecular weight is 390 g/mol. The zero-order valence-electron chi connectivity index (χ0n) is 8.58. The van der Waals surface area contributed by atoms with Crippen molar-refractivity contribution in [1.29, 1.82) is 0 Å². The summed E-state index contributed by atoms with van der Waals surface area (Å²) in [5, 5.41) is 0. The molecule has 0 bridgehead atoms. The van der Waals surface area contributed by atoms with Crippen LogP contribution in [-0.2, 0) is 0 Å². The zero-order chi connectivity index (χ0) is 11.5. The molecule has 0 unspecified atom stereocenters. The Morgan fingerprint density at radius 2 is 1.94 bits per heavy atom. The van der Waals surface area contributed by atoms with Gasteiger partial charge >= 0.3 is 0 Å². The summed E-state index contributed by atoms with van der Waals surface area (Å²) in [6.07, 6.45) is 1.73. The molecule has 0 saturated carbocycles. The molecule has 1 aromatic carbocycles. The number of hydrogen-bond donors (Lipinski definition) is 0. The average Bonchev–Trinajstić information content (AvgIpc) is 2.25. The minimum Gasteiger partial charge on any atom is -0.439 e. The van der Waals surface area contributed by atoms with Gasteiger partial charge in [-0.25, -0.2) is 4.98 Å². The number of nitrogens with zero attached hydrogens (tertiary/aromatic N) is 1. The van der Waals surface area contributed by atoms with E-state index < -0.39 is 0 Å². The first-order chi connectivity index (χ1) is 7.65. The molecule has 0 aliphatic rings. The van der Waals surface area contributed by atoms with Crippen molar-refractivity contribution in [3.63, 3.8) is 0 Å². The predicted octanol–water partition coefficient (Wildman–Crippen LogP) is 4.55. The normalized spacial score (nSPS) is 10.2. The lowest BCUT2D eigenvalue weighted by Gasteiger charge is -2.07. The van der Waals surface area contributed by atoms with Crippen LogP contribution in [-0.4, -0.2) is 4.98 Å². The molecule has 0 radical (unpaired) electrons. The Hall–Kier alpha value is -0.620. The van der Waals surface area contributed by atoms with Gasteiger partial charge in [0.1, 0.15) is 5.75 Å². The molecule has 1 aromatic heterocycles. The SMILES string of the molecule is Cc1cc(Br)cnc1Oc1ccc(I)cc1. The smallest absolute Gasteiger partial charge is 0.222 e. The van der Waals surface area contributed by atoms with Crippen LogP contribution in [0, 0.1) is 10.5 Å². The van der Waals surface area contributed by atoms with E-state index in [2.05, 4.69) is 43.5 Å². The fourth-order valence-corrected chi connectivity index (χ4v) is 2.05. The number of ether oxygens (including phenoxy) is 1. The van der Waals surface area contributed by atoms with Crippen molar-refractivity contribution in [1.82, 2.24) is 4.98 Å². The van der Waals surface area contributed by atoms with Crippen molar-refractivity contribution in [2.75, 3.05) is 0 Å². The fourth-order valence-electron chi connectivity index (χ4n) is 1.25. The van der Waals surface area contributed by atoms with Crippen LogP contribution in [0.15, 0.2) is 41.0 Å². The van der Waals surface area contributed by atoms with Crippen molar-refractivity contribution < 1.29 is 4.74 Å². The van der Waals surface area contributed by atoms with Gasteiger partial charge < -0.3 is 4.74 Å². The maximum absolute atomic E-state index is 5.68. The molecule has 0 fully saturated rings. The van der Waals surface area contributed by atoms with E-state index in [0.717, 1.165) is 15.8 Å². The van der Waals surface area contributed by atoms with E-state index in [0.29, 0.717) is 5.88 Å². The summed E-state index contributed by atoms with van der Waals surface area (Å²) in [5.74, 6) is 1.45. The Bertz CT molecular complexity index is 499. The first-order valence-electron chi connectivity index (χ1n) is 4.71. The van der Waals surface area contributed by atoms with Crippen LogP contribution in [0.25, 0.3) is 0 Å². The molecule has 2 rings (SSSR count). The monoisotopic (exact) mass is 389 g/mol. The van der Waals surface area contributed by atoms with E-state index in [4.69, 9.17) is 4.74 Å². The quantitative estimate of drug-likeness (QED) is 0.703. The maximum atomic E-state index is 5.68. The summed E-state index contributed by atoms with van der Waals surface area (Å²) in [5.41, 5.74) is 1.01. The van der Waals surface area contributed by atoms with Gasteiger partial charge in [0.05, 0.1) is 0 Å². The van der Waals surface area contributed by atoms with Crippen LogP contribution in [0.3, 0.4) is 0 Å². The van der Waals surface area contributed by atoms with Gasteiger partial charge in [-0.3, -0.25) is 0 Å². The first-order valence-corrected chi connectivity index (χ1v) is 6.58. The Balaban J connectivity index is 2.23. The minimum atomic E-state index is 0.643. The Labute approximate surface area is 116 Å². The number of halogens is 2. The molecular weight excluding hydrogens is 381 g/mol. The number of benzene rings is 1. The van der Waals surface area contributed by atoms with E-state index in [1.54, 1.807) is 6.20 Å². The number of aryl methyl sites for hydroxylation is 1. The summed E-state index contributed by atoms with van der Waals surface area (Å²) < 4.78 is 7.83. The van der Waals surface area contributed by atoms with E-state index in [9.17, 15) is 0 Å². The van der Waals surface area contributed by atoms with Crippen molar-refractivity contribution in [2.24, 2.45) is 0 Å². The van der Waals surface area contributed by atoms with Crippen LogP contribution >= 0.6 is 38.5 Å². The molecule has 0 aliphatic carbocycles. The van der Waals surface area contributed by atoms with Crippen molar-refractivity contribution in [2.45, 2.75) is 6.92 Å². The highest BCUT2D eigenvalue weighted by atomic mass is 127. The third-order valence-corrected chi connectivity index (χ3v) is 3.18. The molecule has 0 N–H and O–H groups in total. The van der Waals surface area contributed by atoms with Gasteiger partial charge in [-0.2, -0.15) is 0 Å². The number of rotatable bonds is 2. The van der Waals surface area contributed by atoms with Crippen molar-refractivity contribution in [3.8, 4) is 11.6 Å². The first kappa shape index (κ1) is 11.9. The molecule has 2 aromatic rings. The predicted molar refractivity (Wildman–Crippen MR) is 75.9 cm³/mol. The van der Waals surface area contributed by atoms with Crippen molar-refractivity contribution in [3.05, 3.63) is 50.1 Å². The molecule has 4 heteroatoms. The van der Waals surface area contributed by atoms with Gasteiger partial charge in [-0.15, -0.1) is 0 Å². The topological polar surface area (TPSA) is 22.1 Å². The second-order valence-electron chi connectivity index (χ2n) is 3.33. The van der Waals surface area contributed by atoms with Gasteiger partial charge in [0.25, 0.3) is 0 Å². The molecule has 2 nitrogen and oxygen atoms in total. The lowest BCUT2D eigenvalue weighted by Crippen LogP contribution is -1.91. The second kappa shape index (κ2) is 5.14.